The molecule has 1 N–H and O–H groups in total. The van der Waals surface area contributed by atoms with Crippen LogP contribution in [0.4, 0.5) is 0 Å². The molecule has 0 rings (SSSR count). The van der Waals surface area contributed by atoms with Gasteiger partial charge in [-0.25, -0.2) is 9.78 Å². The molecule has 2 unspecified atom stereocenters. The molecule has 0 aliphatic carbocycles. The highest BCUT2D eigenvalue weighted by Gasteiger charge is 2.33. The third kappa shape index (κ3) is 10.2. The number of hydrogen-bond donors (Lipinski definition) is 1. The van der Waals surface area contributed by atoms with Crippen LogP contribution in [0.15, 0.2) is 0 Å². The maximum absolute atomic E-state index is 9.44. The van der Waals surface area contributed by atoms with E-state index in [1.807, 2.05) is 27.7 Å². The van der Waals surface area contributed by atoms with Gasteiger partial charge in [-0.05, 0) is 39.0 Å². The first kappa shape index (κ1) is 20.8. The third-order valence-corrected chi connectivity index (χ3v) is 3.01. The molecule has 0 aliphatic heterocycles. The van der Waals surface area contributed by atoms with Crippen molar-refractivity contribution in [3.8, 4) is 0 Å². The van der Waals surface area contributed by atoms with E-state index in [0.717, 1.165) is 6.42 Å². The van der Waals surface area contributed by atoms with Crippen molar-refractivity contribution in [2.75, 3.05) is 6.61 Å². The zero-order chi connectivity index (χ0) is 16.7. The van der Waals surface area contributed by atoms with E-state index in [-0.39, 0.29) is 12.0 Å². The van der Waals surface area contributed by atoms with E-state index in [1.54, 1.807) is 6.92 Å². The quantitative estimate of drug-likeness (QED) is 0.375. The average molecular weight is 306 g/mol. The van der Waals surface area contributed by atoms with E-state index in [2.05, 4.69) is 20.8 Å². The molecule has 0 fully saturated rings. The van der Waals surface area contributed by atoms with Crippen LogP contribution in [0.2, 0.25) is 0 Å². The Balaban J connectivity index is 4.34. The average Bonchev–Trinajstić information content (AvgIpc) is 2.33. The molecule has 0 aromatic rings. The van der Waals surface area contributed by atoms with Crippen LogP contribution in [-0.2, 0) is 19.6 Å². The van der Waals surface area contributed by atoms with Crippen LogP contribution in [0, 0.1) is 5.41 Å². The van der Waals surface area contributed by atoms with Gasteiger partial charge in [0, 0.05) is 6.42 Å². The van der Waals surface area contributed by atoms with Crippen molar-refractivity contribution in [2.24, 2.45) is 5.41 Å². The Bertz CT molecular complexity index is 285. The van der Waals surface area contributed by atoms with Crippen molar-refractivity contribution in [3.63, 3.8) is 0 Å². The summed E-state index contributed by atoms with van der Waals surface area (Å²) in [6.45, 7) is 16.1. The molecule has 0 spiro atoms. The second kappa shape index (κ2) is 8.44. The Morgan fingerprint density at radius 3 is 1.90 bits per heavy atom. The fourth-order valence-electron chi connectivity index (χ4n) is 1.99. The van der Waals surface area contributed by atoms with Gasteiger partial charge in [-0.3, -0.25) is 0 Å². The van der Waals surface area contributed by atoms with Crippen molar-refractivity contribution in [2.45, 2.75) is 92.1 Å². The lowest BCUT2D eigenvalue weighted by Crippen LogP contribution is -2.38. The van der Waals surface area contributed by atoms with Gasteiger partial charge in [0.05, 0.1) is 11.7 Å². The summed E-state index contributed by atoms with van der Waals surface area (Å²) in [4.78, 5) is 21.4. The van der Waals surface area contributed by atoms with Crippen LogP contribution < -0.4 is 0 Å². The summed E-state index contributed by atoms with van der Waals surface area (Å²) in [5, 5.41) is 9.44. The summed E-state index contributed by atoms with van der Waals surface area (Å²) < 4.78 is 0. The normalized spacial score (nSPS) is 17.6. The summed E-state index contributed by atoms with van der Waals surface area (Å²) in [5.74, 6) is -0.997. The zero-order valence-electron chi connectivity index (χ0n) is 15.0. The van der Waals surface area contributed by atoms with Gasteiger partial charge in [0.1, 0.15) is 6.61 Å². The Morgan fingerprint density at radius 2 is 1.48 bits per heavy atom. The second-order valence-electron chi connectivity index (χ2n) is 7.58. The minimum Gasteiger partial charge on any atom is -0.391 e. The summed E-state index contributed by atoms with van der Waals surface area (Å²) >= 11 is 0. The highest BCUT2D eigenvalue weighted by Crippen LogP contribution is 2.31. The molecule has 0 heterocycles. The molecule has 0 aromatic carbocycles. The number of hydrogen-bond acceptors (Lipinski definition) is 5. The molecule has 0 saturated heterocycles. The first-order valence-corrected chi connectivity index (χ1v) is 7.78. The van der Waals surface area contributed by atoms with Gasteiger partial charge in [-0.2, -0.15) is 9.78 Å². The van der Waals surface area contributed by atoms with Crippen LogP contribution >= 0.6 is 0 Å². The topological polar surface area (TPSA) is 57.2 Å². The third-order valence-electron chi connectivity index (χ3n) is 3.01. The van der Waals surface area contributed by atoms with Gasteiger partial charge in [0.15, 0.2) is 0 Å². The second-order valence-corrected chi connectivity index (χ2v) is 7.58. The lowest BCUT2D eigenvalue weighted by molar-refractivity contribution is -0.527. The lowest BCUT2D eigenvalue weighted by atomic mass is 9.84. The molecule has 21 heavy (non-hydrogen) atoms. The molecule has 5 nitrogen and oxygen atoms in total. The molecule has 0 aromatic heterocycles. The molecule has 0 amide bonds. The lowest BCUT2D eigenvalue weighted by Gasteiger charge is -2.34. The maximum atomic E-state index is 9.44. The predicted molar refractivity (Wildman–Crippen MR) is 82.4 cm³/mol. The van der Waals surface area contributed by atoms with E-state index in [1.165, 1.54) is 0 Å². The minimum atomic E-state index is -0.997. The monoisotopic (exact) mass is 306 g/mol. The Labute approximate surface area is 129 Å². The van der Waals surface area contributed by atoms with Crippen LogP contribution in [0.25, 0.3) is 0 Å². The highest BCUT2D eigenvalue weighted by atomic mass is 17.3. The molecule has 0 saturated carbocycles. The molecular formula is C16H34O5. The number of aliphatic hydroxyl groups excluding tert-OH is 1. The Kier molecular flexibility index (Phi) is 8.36. The zero-order valence-corrected chi connectivity index (χ0v) is 15.0. The van der Waals surface area contributed by atoms with Crippen LogP contribution in [0.5, 0.6) is 0 Å². The van der Waals surface area contributed by atoms with Crippen LogP contribution in [0.1, 0.15) is 74.7 Å². The van der Waals surface area contributed by atoms with Crippen molar-refractivity contribution >= 4 is 0 Å². The van der Waals surface area contributed by atoms with Gasteiger partial charge in [0.2, 0.25) is 5.79 Å². The standard InChI is InChI=1S/C16H34O5/c1-9-13(17)11-18-20-16(8,10-2)21-19-15(6,7)12-14(3,4)5/h13,17H,9-12H2,1-8H3. The van der Waals surface area contributed by atoms with E-state index < -0.39 is 17.5 Å². The summed E-state index contributed by atoms with van der Waals surface area (Å²) in [5.41, 5.74) is -0.293. The van der Waals surface area contributed by atoms with Gasteiger partial charge >= 0.3 is 0 Å². The van der Waals surface area contributed by atoms with Crippen molar-refractivity contribution in [1.29, 1.82) is 0 Å². The Hall–Kier alpha value is -0.200. The molecule has 128 valence electrons. The van der Waals surface area contributed by atoms with Crippen molar-refractivity contribution in [1.82, 2.24) is 0 Å². The number of aliphatic hydroxyl groups is 1. The molecule has 5 heteroatoms. The molecular weight excluding hydrogens is 272 g/mol. The van der Waals surface area contributed by atoms with Crippen LogP contribution in [0.3, 0.4) is 0 Å². The van der Waals surface area contributed by atoms with E-state index in [9.17, 15) is 5.11 Å². The van der Waals surface area contributed by atoms with Gasteiger partial charge in [-0.1, -0.05) is 34.6 Å². The van der Waals surface area contributed by atoms with Crippen LogP contribution in [-0.4, -0.2) is 29.2 Å². The smallest absolute Gasteiger partial charge is 0.231 e. The number of rotatable bonds is 10. The molecule has 0 radical (unpaired) electrons. The Morgan fingerprint density at radius 1 is 0.905 bits per heavy atom. The maximum Gasteiger partial charge on any atom is 0.231 e. The predicted octanol–water partition coefficient (Wildman–Crippen LogP) is 3.99. The SMILES string of the molecule is CCC(O)COOC(C)(CC)OOC(C)(C)CC(C)(C)C. The fraction of sp³-hybridized carbons (Fsp3) is 1.00. The molecule has 2 atom stereocenters. The van der Waals surface area contributed by atoms with Gasteiger partial charge in [0.25, 0.3) is 0 Å². The minimum absolute atomic E-state index is 0.112. The fourth-order valence-corrected chi connectivity index (χ4v) is 1.99. The van der Waals surface area contributed by atoms with Crippen molar-refractivity contribution in [3.05, 3.63) is 0 Å². The van der Waals surface area contributed by atoms with E-state index in [0.29, 0.717) is 12.8 Å². The van der Waals surface area contributed by atoms with E-state index in [4.69, 9.17) is 19.6 Å². The first-order valence-electron chi connectivity index (χ1n) is 7.78. The van der Waals surface area contributed by atoms with Crippen molar-refractivity contribution < 1.29 is 24.7 Å². The van der Waals surface area contributed by atoms with E-state index >= 15 is 0 Å². The summed E-state index contributed by atoms with van der Waals surface area (Å²) in [7, 11) is 0. The van der Waals surface area contributed by atoms with Gasteiger partial charge < -0.3 is 5.11 Å². The molecule has 0 bridgehead atoms. The molecule has 0 aliphatic rings. The summed E-state index contributed by atoms with van der Waals surface area (Å²) in [6.07, 6.45) is 1.47. The summed E-state index contributed by atoms with van der Waals surface area (Å²) in [6, 6.07) is 0. The van der Waals surface area contributed by atoms with Gasteiger partial charge in [-0.15, -0.1) is 0 Å². The highest BCUT2D eigenvalue weighted by molar-refractivity contribution is 4.76. The largest absolute Gasteiger partial charge is 0.391 e. The first-order chi connectivity index (χ1) is 9.43.